The Labute approximate surface area is 131 Å². The van der Waals surface area contributed by atoms with E-state index in [1.165, 1.54) is 0 Å². The van der Waals surface area contributed by atoms with Gasteiger partial charge in [0.05, 0.1) is 13.0 Å². The van der Waals surface area contributed by atoms with Crippen LogP contribution in [0.1, 0.15) is 31.2 Å². The van der Waals surface area contributed by atoms with Gasteiger partial charge in [-0.3, -0.25) is 9.59 Å². The zero-order valence-corrected chi connectivity index (χ0v) is 12.8. The van der Waals surface area contributed by atoms with Crippen molar-refractivity contribution >= 4 is 11.8 Å². The molecule has 2 rings (SSSR count). The van der Waals surface area contributed by atoms with E-state index in [4.69, 9.17) is 0 Å². The van der Waals surface area contributed by atoms with Crippen LogP contribution in [0.25, 0.3) is 0 Å². The van der Waals surface area contributed by atoms with Crippen molar-refractivity contribution in [2.24, 2.45) is 0 Å². The van der Waals surface area contributed by atoms with E-state index in [2.05, 4.69) is 5.32 Å². The highest BCUT2D eigenvalue weighted by Crippen LogP contribution is 2.11. The highest BCUT2D eigenvalue weighted by molar-refractivity contribution is 5.88. The molecule has 2 N–H and O–H groups in total. The van der Waals surface area contributed by atoms with Crippen molar-refractivity contribution in [1.82, 2.24) is 10.2 Å². The molecule has 5 nitrogen and oxygen atoms in total. The molecule has 1 fully saturated rings. The quantitative estimate of drug-likeness (QED) is 0.856. The molecule has 120 valence electrons. The largest absolute Gasteiger partial charge is 0.394 e. The van der Waals surface area contributed by atoms with E-state index in [0.29, 0.717) is 13.1 Å². The predicted octanol–water partition coefficient (Wildman–Crippen LogP) is 1.11. The summed E-state index contributed by atoms with van der Waals surface area (Å²) in [6, 6.07) is 8.52. The summed E-state index contributed by atoms with van der Waals surface area (Å²) < 4.78 is 0. The Morgan fingerprint density at radius 3 is 2.32 bits per heavy atom. The number of hydrogen-bond donors (Lipinski definition) is 2. The van der Waals surface area contributed by atoms with Gasteiger partial charge in [-0.1, -0.05) is 43.2 Å². The summed E-state index contributed by atoms with van der Waals surface area (Å²) in [6.45, 7) is 1.06. The molecule has 1 aliphatic heterocycles. The maximum Gasteiger partial charge on any atom is 0.247 e. The number of rotatable bonds is 5. The van der Waals surface area contributed by atoms with Gasteiger partial charge in [-0.05, 0) is 18.4 Å². The number of hydrogen-bond acceptors (Lipinski definition) is 3. The molecule has 0 aliphatic carbocycles. The van der Waals surface area contributed by atoms with Crippen LogP contribution in [0.5, 0.6) is 0 Å². The Bertz CT molecular complexity index is 482. The van der Waals surface area contributed by atoms with Gasteiger partial charge in [0, 0.05) is 13.1 Å². The van der Waals surface area contributed by atoms with Gasteiger partial charge in [0.2, 0.25) is 11.8 Å². The van der Waals surface area contributed by atoms with Gasteiger partial charge in [-0.2, -0.15) is 0 Å². The second-order valence-corrected chi connectivity index (χ2v) is 5.70. The fraction of sp³-hybridized carbons (Fsp3) is 0.529. The normalized spacial score (nSPS) is 16.7. The van der Waals surface area contributed by atoms with E-state index in [-0.39, 0.29) is 24.8 Å². The van der Waals surface area contributed by atoms with Crippen molar-refractivity contribution < 1.29 is 14.7 Å². The van der Waals surface area contributed by atoms with Crippen LogP contribution in [0.3, 0.4) is 0 Å². The smallest absolute Gasteiger partial charge is 0.247 e. The third kappa shape index (κ3) is 4.84. The van der Waals surface area contributed by atoms with Gasteiger partial charge >= 0.3 is 0 Å². The zero-order valence-electron chi connectivity index (χ0n) is 12.8. The molecule has 1 atom stereocenters. The SMILES string of the molecule is O=C(Cc1ccccc1)NC(CO)C(=O)N1CCCCCC1. The van der Waals surface area contributed by atoms with Gasteiger partial charge in [-0.15, -0.1) is 0 Å². The first-order chi connectivity index (χ1) is 10.7. The van der Waals surface area contributed by atoms with Crippen LogP contribution in [0.15, 0.2) is 30.3 Å². The molecule has 1 aromatic carbocycles. The minimum absolute atomic E-state index is 0.175. The maximum absolute atomic E-state index is 12.4. The van der Waals surface area contributed by atoms with E-state index in [9.17, 15) is 14.7 Å². The van der Waals surface area contributed by atoms with E-state index in [1.54, 1.807) is 4.90 Å². The highest BCUT2D eigenvalue weighted by Gasteiger charge is 2.25. The Balaban J connectivity index is 1.90. The lowest BCUT2D eigenvalue weighted by Crippen LogP contribution is -2.51. The highest BCUT2D eigenvalue weighted by atomic mass is 16.3. The molecule has 0 spiro atoms. The predicted molar refractivity (Wildman–Crippen MR) is 84.2 cm³/mol. The number of amides is 2. The number of nitrogens with one attached hydrogen (secondary N) is 1. The minimum atomic E-state index is -0.839. The zero-order chi connectivity index (χ0) is 15.8. The van der Waals surface area contributed by atoms with Crippen LogP contribution in [0.2, 0.25) is 0 Å². The second kappa shape index (κ2) is 8.54. The molecule has 1 aliphatic rings. The number of benzene rings is 1. The molecule has 0 radical (unpaired) electrons. The topological polar surface area (TPSA) is 69.6 Å². The summed E-state index contributed by atoms with van der Waals surface area (Å²) in [7, 11) is 0. The second-order valence-electron chi connectivity index (χ2n) is 5.70. The van der Waals surface area contributed by atoms with Crippen LogP contribution in [-0.2, 0) is 16.0 Å². The fourth-order valence-electron chi connectivity index (χ4n) is 2.72. The maximum atomic E-state index is 12.4. The van der Waals surface area contributed by atoms with Crippen LogP contribution in [0.4, 0.5) is 0 Å². The third-order valence-corrected chi connectivity index (χ3v) is 3.94. The number of nitrogens with zero attached hydrogens (tertiary/aromatic N) is 1. The molecule has 1 unspecified atom stereocenters. The van der Waals surface area contributed by atoms with Crippen LogP contribution >= 0.6 is 0 Å². The average molecular weight is 304 g/mol. The molecule has 0 aromatic heterocycles. The van der Waals surface area contributed by atoms with Gasteiger partial charge < -0.3 is 15.3 Å². The van der Waals surface area contributed by atoms with Gasteiger partial charge in [0.1, 0.15) is 6.04 Å². The summed E-state index contributed by atoms with van der Waals surface area (Å²) in [5, 5.41) is 12.1. The fourth-order valence-corrected chi connectivity index (χ4v) is 2.72. The molecule has 1 aromatic rings. The van der Waals surface area contributed by atoms with Gasteiger partial charge in [0.25, 0.3) is 0 Å². The van der Waals surface area contributed by atoms with Crippen LogP contribution < -0.4 is 5.32 Å². The Kier molecular flexibility index (Phi) is 6.40. The standard InChI is InChI=1S/C17H24N2O3/c20-13-15(17(22)19-10-6-1-2-7-11-19)18-16(21)12-14-8-4-3-5-9-14/h3-5,8-9,15,20H,1-2,6-7,10-13H2,(H,18,21). The minimum Gasteiger partial charge on any atom is -0.394 e. The molecular weight excluding hydrogens is 280 g/mol. The number of likely N-dealkylation sites (tertiary alicyclic amines) is 1. The molecule has 22 heavy (non-hydrogen) atoms. The summed E-state index contributed by atoms with van der Waals surface area (Å²) in [4.78, 5) is 26.2. The van der Waals surface area contributed by atoms with Crippen molar-refractivity contribution in [3.05, 3.63) is 35.9 Å². The number of carbonyl (C=O) groups excluding carboxylic acids is 2. The van der Waals surface area contributed by atoms with Crippen molar-refractivity contribution in [2.75, 3.05) is 19.7 Å². The Morgan fingerprint density at radius 2 is 1.73 bits per heavy atom. The molecule has 0 bridgehead atoms. The molecule has 5 heteroatoms. The third-order valence-electron chi connectivity index (χ3n) is 3.94. The molecule has 1 heterocycles. The van der Waals surface area contributed by atoms with E-state index in [1.807, 2.05) is 30.3 Å². The van der Waals surface area contributed by atoms with Crippen molar-refractivity contribution in [2.45, 2.75) is 38.1 Å². The number of carbonyl (C=O) groups is 2. The monoisotopic (exact) mass is 304 g/mol. The first-order valence-electron chi connectivity index (χ1n) is 7.93. The van der Waals surface area contributed by atoms with E-state index >= 15 is 0 Å². The summed E-state index contributed by atoms with van der Waals surface area (Å²) >= 11 is 0. The average Bonchev–Trinajstić information content (AvgIpc) is 2.82. The van der Waals surface area contributed by atoms with Gasteiger partial charge in [-0.25, -0.2) is 0 Å². The summed E-state index contributed by atoms with van der Waals surface area (Å²) in [5.41, 5.74) is 0.888. The Morgan fingerprint density at radius 1 is 1.09 bits per heavy atom. The van der Waals surface area contributed by atoms with E-state index in [0.717, 1.165) is 31.2 Å². The number of aliphatic hydroxyl groups excluding tert-OH is 1. The van der Waals surface area contributed by atoms with Crippen molar-refractivity contribution in [3.63, 3.8) is 0 Å². The lowest BCUT2D eigenvalue weighted by atomic mass is 10.1. The summed E-state index contributed by atoms with van der Waals surface area (Å²) in [5.74, 6) is -0.417. The van der Waals surface area contributed by atoms with Crippen molar-refractivity contribution in [1.29, 1.82) is 0 Å². The first kappa shape index (κ1) is 16.5. The van der Waals surface area contributed by atoms with Gasteiger partial charge in [0.15, 0.2) is 0 Å². The van der Waals surface area contributed by atoms with Crippen LogP contribution in [-0.4, -0.2) is 47.6 Å². The van der Waals surface area contributed by atoms with Crippen LogP contribution in [0, 0.1) is 0 Å². The molecule has 2 amide bonds. The first-order valence-corrected chi connectivity index (χ1v) is 7.93. The lowest BCUT2D eigenvalue weighted by Gasteiger charge is -2.25. The van der Waals surface area contributed by atoms with Crippen molar-refractivity contribution in [3.8, 4) is 0 Å². The molecule has 0 saturated carbocycles. The lowest BCUT2D eigenvalue weighted by molar-refractivity contribution is -0.137. The van der Waals surface area contributed by atoms with E-state index < -0.39 is 6.04 Å². The Hall–Kier alpha value is -1.88. The molecular formula is C17H24N2O3. The molecule has 1 saturated heterocycles. The summed E-state index contributed by atoms with van der Waals surface area (Å²) in [6.07, 6.45) is 4.45. The number of aliphatic hydroxyl groups is 1.